The van der Waals surface area contributed by atoms with Gasteiger partial charge in [-0.15, -0.1) is 0 Å². The molecular weight excluding hydrogens is 162 g/mol. The number of hydrogen-bond acceptors (Lipinski definition) is 3. The molecule has 0 spiro atoms. The second-order valence-corrected chi connectivity index (χ2v) is 4.38. The van der Waals surface area contributed by atoms with Crippen molar-refractivity contribution in [1.29, 1.82) is 0 Å². The van der Waals surface area contributed by atoms with Crippen molar-refractivity contribution in [2.24, 2.45) is 0 Å². The first-order valence-corrected chi connectivity index (χ1v) is 4.98. The van der Waals surface area contributed by atoms with Crippen molar-refractivity contribution in [1.82, 2.24) is 15.1 Å². The average Bonchev–Trinajstić information content (AvgIpc) is 1.98. The maximum Gasteiger partial charge on any atom is 0.0186 e. The van der Waals surface area contributed by atoms with Crippen molar-refractivity contribution >= 4 is 0 Å². The predicted molar refractivity (Wildman–Crippen MR) is 59.2 cm³/mol. The van der Waals surface area contributed by atoms with Gasteiger partial charge in [-0.05, 0) is 42.0 Å². The van der Waals surface area contributed by atoms with E-state index in [9.17, 15) is 0 Å². The molecule has 0 bridgehead atoms. The maximum atomic E-state index is 3.51. The second kappa shape index (κ2) is 6.35. The van der Waals surface area contributed by atoms with E-state index >= 15 is 0 Å². The zero-order valence-corrected chi connectivity index (χ0v) is 9.96. The Morgan fingerprint density at radius 3 is 2.00 bits per heavy atom. The minimum atomic E-state index is 0.567. The second-order valence-electron chi connectivity index (χ2n) is 4.38. The van der Waals surface area contributed by atoms with Crippen LogP contribution in [0.3, 0.4) is 0 Å². The van der Waals surface area contributed by atoms with Crippen LogP contribution in [0.5, 0.6) is 0 Å². The first-order valence-electron chi connectivity index (χ1n) is 4.98. The van der Waals surface area contributed by atoms with Crippen LogP contribution in [-0.2, 0) is 0 Å². The summed E-state index contributed by atoms with van der Waals surface area (Å²) in [4.78, 5) is 4.44. The van der Waals surface area contributed by atoms with E-state index in [0.717, 1.165) is 13.1 Å². The Labute approximate surface area is 83.1 Å². The fraction of sp³-hybridized carbons (Fsp3) is 1.00. The molecule has 0 amide bonds. The molecule has 0 radical (unpaired) electrons. The van der Waals surface area contributed by atoms with E-state index in [1.54, 1.807) is 0 Å². The van der Waals surface area contributed by atoms with Crippen LogP contribution < -0.4 is 5.32 Å². The van der Waals surface area contributed by atoms with Crippen molar-refractivity contribution in [2.75, 3.05) is 41.3 Å². The van der Waals surface area contributed by atoms with Crippen LogP contribution >= 0.6 is 0 Å². The third-order valence-electron chi connectivity index (χ3n) is 2.28. The summed E-state index contributed by atoms with van der Waals surface area (Å²) in [6.45, 7) is 6.61. The van der Waals surface area contributed by atoms with Crippen LogP contribution in [0.4, 0.5) is 0 Å². The van der Waals surface area contributed by atoms with Crippen LogP contribution in [-0.4, -0.2) is 63.2 Å². The lowest BCUT2D eigenvalue weighted by atomic mass is 10.2. The lowest BCUT2D eigenvalue weighted by molar-refractivity contribution is 0.280. The molecule has 0 rings (SSSR count). The fourth-order valence-corrected chi connectivity index (χ4v) is 1.17. The molecule has 0 fully saturated rings. The molecule has 0 aromatic rings. The normalized spacial score (nSPS) is 16.6. The standard InChI is InChI=1S/C10H25N3/c1-9(8-12(3)4)11-7-10(2)13(5)6/h9-11H,7-8H2,1-6H3. The third-order valence-corrected chi connectivity index (χ3v) is 2.28. The number of nitrogens with zero attached hydrogens (tertiary/aromatic N) is 2. The van der Waals surface area contributed by atoms with Gasteiger partial charge in [0.15, 0.2) is 0 Å². The number of hydrogen-bond donors (Lipinski definition) is 1. The van der Waals surface area contributed by atoms with Crippen molar-refractivity contribution in [3.8, 4) is 0 Å². The predicted octanol–water partition coefficient (Wildman–Crippen LogP) is 0.476. The van der Waals surface area contributed by atoms with Gasteiger partial charge in [-0.2, -0.15) is 0 Å². The average molecular weight is 187 g/mol. The Hall–Kier alpha value is -0.120. The molecule has 13 heavy (non-hydrogen) atoms. The Morgan fingerprint density at radius 1 is 1.08 bits per heavy atom. The summed E-state index contributed by atoms with van der Waals surface area (Å²) in [5.74, 6) is 0. The summed E-state index contributed by atoms with van der Waals surface area (Å²) in [5.41, 5.74) is 0. The topological polar surface area (TPSA) is 18.5 Å². The third kappa shape index (κ3) is 6.99. The minimum Gasteiger partial charge on any atom is -0.311 e. The van der Waals surface area contributed by atoms with Crippen molar-refractivity contribution in [3.63, 3.8) is 0 Å². The Bertz CT molecular complexity index is 123. The monoisotopic (exact) mass is 187 g/mol. The van der Waals surface area contributed by atoms with Crippen molar-refractivity contribution in [3.05, 3.63) is 0 Å². The molecule has 0 aromatic carbocycles. The van der Waals surface area contributed by atoms with Gasteiger partial charge in [0.1, 0.15) is 0 Å². The molecule has 1 N–H and O–H groups in total. The van der Waals surface area contributed by atoms with Gasteiger partial charge in [-0.3, -0.25) is 0 Å². The van der Waals surface area contributed by atoms with Crippen LogP contribution in [0.1, 0.15) is 13.8 Å². The lowest BCUT2D eigenvalue weighted by Gasteiger charge is -2.24. The van der Waals surface area contributed by atoms with E-state index in [2.05, 4.69) is 57.2 Å². The quantitative estimate of drug-likeness (QED) is 0.652. The smallest absolute Gasteiger partial charge is 0.0186 e. The molecule has 3 heteroatoms. The summed E-state index contributed by atoms with van der Waals surface area (Å²) in [6.07, 6.45) is 0. The minimum absolute atomic E-state index is 0.567. The Balaban J connectivity index is 3.51. The summed E-state index contributed by atoms with van der Waals surface area (Å²) in [6, 6.07) is 1.17. The molecule has 0 aliphatic rings. The van der Waals surface area contributed by atoms with Crippen LogP contribution in [0.25, 0.3) is 0 Å². The van der Waals surface area contributed by atoms with E-state index in [1.807, 2.05) is 0 Å². The van der Waals surface area contributed by atoms with Crippen molar-refractivity contribution in [2.45, 2.75) is 25.9 Å². The first kappa shape index (κ1) is 12.9. The Morgan fingerprint density at radius 2 is 1.62 bits per heavy atom. The zero-order chi connectivity index (χ0) is 10.4. The van der Waals surface area contributed by atoms with Gasteiger partial charge >= 0.3 is 0 Å². The van der Waals surface area contributed by atoms with Crippen LogP contribution in [0.2, 0.25) is 0 Å². The van der Waals surface area contributed by atoms with Gasteiger partial charge in [0.05, 0.1) is 0 Å². The van der Waals surface area contributed by atoms with E-state index < -0.39 is 0 Å². The number of likely N-dealkylation sites (N-methyl/N-ethyl adjacent to an activating group) is 2. The fourth-order valence-electron chi connectivity index (χ4n) is 1.17. The molecule has 0 aliphatic heterocycles. The molecule has 0 heterocycles. The number of rotatable bonds is 6. The molecule has 0 aliphatic carbocycles. The number of nitrogens with one attached hydrogen (secondary N) is 1. The largest absolute Gasteiger partial charge is 0.311 e. The highest BCUT2D eigenvalue weighted by molar-refractivity contribution is 4.68. The van der Waals surface area contributed by atoms with Gasteiger partial charge in [0, 0.05) is 25.2 Å². The maximum absolute atomic E-state index is 3.51. The van der Waals surface area contributed by atoms with Crippen LogP contribution in [0, 0.1) is 0 Å². The van der Waals surface area contributed by atoms with Gasteiger partial charge in [0.2, 0.25) is 0 Å². The first-order chi connectivity index (χ1) is 5.93. The Kier molecular flexibility index (Phi) is 6.29. The van der Waals surface area contributed by atoms with Gasteiger partial charge in [-0.1, -0.05) is 0 Å². The van der Waals surface area contributed by atoms with Crippen molar-refractivity contribution < 1.29 is 0 Å². The molecular formula is C10H25N3. The molecule has 2 atom stereocenters. The van der Waals surface area contributed by atoms with Crippen LogP contribution in [0.15, 0.2) is 0 Å². The highest BCUT2D eigenvalue weighted by atomic mass is 15.1. The molecule has 2 unspecified atom stereocenters. The zero-order valence-electron chi connectivity index (χ0n) is 9.96. The highest BCUT2D eigenvalue weighted by Gasteiger charge is 2.07. The molecule has 0 saturated heterocycles. The van der Waals surface area contributed by atoms with E-state index in [0.29, 0.717) is 12.1 Å². The summed E-state index contributed by atoms with van der Waals surface area (Å²) < 4.78 is 0. The van der Waals surface area contributed by atoms with E-state index in [4.69, 9.17) is 0 Å². The molecule has 3 nitrogen and oxygen atoms in total. The summed E-state index contributed by atoms with van der Waals surface area (Å²) in [5, 5.41) is 3.51. The van der Waals surface area contributed by atoms with Gasteiger partial charge in [-0.25, -0.2) is 0 Å². The molecule has 0 aromatic heterocycles. The van der Waals surface area contributed by atoms with E-state index in [-0.39, 0.29) is 0 Å². The molecule has 0 saturated carbocycles. The SMILES string of the molecule is CC(CN(C)C)NCC(C)N(C)C. The molecule has 80 valence electrons. The lowest BCUT2D eigenvalue weighted by Crippen LogP contribution is -2.42. The van der Waals surface area contributed by atoms with E-state index in [1.165, 1.54) is 0 Å². The van der Waals surface area contributed by atoms with Gasteiger partial charge < -0.3 is 15.1 Å². The summed E-state index contributed by atoms with van der Waals surface area (Å²) >= 11 is 0. The van der Waals surface area contributed by atoms with Gasteiger partial charge in [0.25, 0.3) is 0 Å². The summed E-state index contributed by atoms with van der Waals surface area (Å²) in [7, 11) is 8.44. The highest BCUT2D eigenvalue weighted by Crippen LogP contribution is 1.91.